The molecule has 0 radical (unpaired) electrons. The number of rotatable bonds is 6. The van der Waals surface area contributed by atoms with Gasteiger partial charge >= 0.3 is 0 Å². The van der Waals surface area contributed by atoms with Gasteiger partial charge in [0.1, 0.15) is 0 Å². The molecule has 32 heavy (non-hydrogen) atoms. The van der Waals surface area contributed by atoms with Crippen LogP contribution < -0.4 is 5.32 Å². The second-order valence-corrected chi connectivity index (χ2v) is 10.1. The van der Waals surface area contributed by atoms with Crippen LogP contribution in [0.5, 0.6) is 0 Å². The van der Waals surface area contributed by atoms with Crippen LogP contribution in [0.2, 0.25) is 0 Å². The van der Waals surface area contributed by atoms with Crippen LogP contribution in [0, 0.1) is 19.8 Å². The normalized spacial score (nSPS) is 15.6. The summed E-state index contributed by atoms with van der Waals surface area (Å²) in [5.74, 6) is 0.119. The Hall–Kier alpha value is -3.04. The van der Waals surface area contributed by atoms with E-state index in [1.54, 1.807) is 41.5 Å². The average molecular weight is 454 g/mol. The van der Waals surface area contributed by atoms with Gasteiger partial charge in [0.2, 0.25) is 15.9 Å². The number of nitrogens with zero attached hydrogens (tertiary/aromatic N) is 4. The fourth-order valence-corrected chi connectivity index (χ4v) is 5.36. The lowest BCUT2D eigenvalue weighted by Crippen LogP contribution is -2.41. The van der Waals surface area contributed by atoms with Crippen molar-refractivity contribution >= 4 is 21.7 Å². The van der Waals surface area contributed by atoms with E-state index in [-0.39, 0.29) is 11.8 Å². The molecule has 0 atom stereocenters. The number of hydrogen-bond donors (Lipinski definition) is 1. The average Bonchev–Trinajstić information content (AvgIpc) is 3.23. The minimum atomic E-state index is -3.55. The van der Waals surface area contributed by atoms with Crippen molar-refractivity contribution in [1.82, 2.24) is 19.1 Å². The molecule has 0 bridgehead atoms. The van der Waals surface area contributed by atoms with E-state index in [2.05, 4.69) is 15.4 Å². The SMILES string of the molecule is Cc1ccc(S(=O)(=O)N2CCC(C(=O)Nc3ccn(Cc4cccnc4)n3)CC2)cc1C. The van der Waals surface area contributed by atoms with Crippen molar-refractivity contribution < 1.29 is 13.2 Å². The lowest BCUT2D eigenvalue weighted by molar-refractivity contribution is -0.120. The lowest BCUT2D eigenvalue weighted by Gasteiger charge is -2.30. The third kappa shape index (κ3) is 4.89. The third-order valence-corrected chi connectivity index (χ3v) is 7.79. The summed E-state index contributed by atoms with van der Waals surface area (Å²) < 4.78 is 29.2. The van der Waals surface area contributed by atoms with Crippen molar-refractivity contribution in [3.63, 3.8) is 0 Å². The molecular formula is C23H27N5O3S. The predicted octanol–water partition coefficient (Wildman–Crippen LogP) is 2.98. The molecule has 1 fully saturated rings. The fourth-order valence-electron chi connectivity index (χ4n) is 3.81. The summed E-state index contributed by atoms with van der Waals surface area (Å²) in [5.41, 5.74) is 3.02. The second kappa shape index (κ2) is 9.22. The van der Waals surface area contributed by atoms with Gasteiger partial charge in [-0.05, 0) is 61.6 Å². The van der Waals surface area contributed by atoms with E-state index in [4.69, 9.17) is 0 Å². The second-order valence-electron chi connectivity index (χ2n) is 8.17. The Labute approximate surface area is 188 Å². The van der Waals surface area contributed by atoms with Crippen LogP contribution >= 0.6 is 0 Å². The van der Waals surface area contributed by atoms with Crippen molar-refractivity contribution in [2.75, 3.05) is 18.4 Å². The van der Waals surface area contributed by atoms with Crippen LogP contribution in [0.4, 0.5) is 5.82 Å². The van der Waals surface area contributed by atoms with E-state index in [1.165, 1.54) is 4.31 Å². The number of nitrogens with one attached hydrogen (secondary N) is 1. The topological polar surface area (TPSA) is 97.2 Å². The van der Waals surface area contributed by atoms with Gasteiger partial charge in [-0.3, -0.25) is 14.5 Å². The van der Waals surface area contributed by atoms with E-state index in [9.17, 15) is 13.2 Å². The molecule has 0 aliphatic carbocycles. The predicted molar refractivity (Wildman–Crippen MR) is 122 cm³/mol. The highest BCUT2D eigenvalue weighted by atomic mass is 32.2. The van der Waals surface area contributed by atoms with Crippen molar-refractivity contribution in [3.05, 3.63) is 71.7 Å². The smallest absolute Gasteiger partial charge is 0.243 e. The number of aromatic nitrogens is 3. The highest BCUT2D eigenvalue weighted by Crippen LogP contribution is 2.26. The highest BCUT2D eigenvalue weighted by Gasteiger charge is 2.32. The van der Waals surface area contributed by atoms with Gasteiger partial charge < -0.3 is 5.32 Å². The monoisotopic (exact) mass is 453 g/mol. The number of hydrogen-bond acceptors (Lipinski definition) is 5. The Morgan fingerprint density at radius 2 is 1.91 bits per heavy atom. The van der Waals surface area contributed by atoms with Gasteiger partial charge in [0, 0.05) is 43.7 Å². The molecular weight excluding hydrogens is 426 g/mol. The first-order valence-corrected chi connectivity index (χ1v) is 12.1. The van der Waals surface area contributed by atoms with Crippen LogP contribution in [0.15, 0.2) is 59.9 Å². The minimum Gasteiger partial charge on any atom is -0.309 e. The molecule has 1 aliphatic rings. The quantitative estimate of drug-likeness (QED) is 0.619. The molecule has 0 unspecified atom stereocenters. The zero-order chi connectivity index (χ0) is 22.7. The Balaban J connectivity index is 1.33. The van der Waals surface area contributed by atoms with Crippen molar-refractivity contribution in [2.24, 2.45) is 5.92 Å². The number of benzene rings is 1. The largest absolute Gasteiger partial charge is 0.309 e. The molecule has 4 rings (SSSR count). The van der Waals surface area contributed by atoms with E-state index in [0.717, 1.165) is 16.7 Å². The van der Waals surface area contributed by atoms with Gasteiger partial charge in [0.05, 0.1) is 11.4 Å². The van der Waals surface area contributed by atoms with Crippen LogP contribution in [0.3, 0.4) is 0 Å². The van der Waals surface area contributed by atoms with Crippen molar-refractivity contribution in [1.29, 1.82) is 0 Å². The van der Waals surface area contributed by atoms with Gasteiger partial charge in [-0.25, -0.2) is 8.42 Å². The lowest BCUT2D eigenvalue weighted by atomic mass is 9.97. The van der Waals surface area contributed by atoms with E-state index >= 15 is 0 Å². The Bertz CT molecular complexity index is 1200. The molecule has 1 aliphatic heterocycles. The molecule has 1 N–H and O–H groups in total. The van der Waals surface area contributed by atoms with Gasteiger partial charge in [0.15, 0.2) is 5.82 Å². The Morgan fingerprint density at radius 1 is 1.12 bits per heavy atom. The molecule has 2 aromatic heterocycles. The molecule has 8 nitrogen and oxygen atoms in total. The summed E-state index contributed by atoms with van der Waals surface area (Å²) in [7, 11) is -3.55. The molecule has 9 heteroatoms. The Morgan fingerprint density at radius 3 is 2.59 bits per heavy atom. The maximum absolute atomic E-state index is 13.0. The maximum atomic E-state index is 13.0. The number of aryl methyl sites for hydroxylation is 2. The fraction of sp³-hybridized carbons (Fsp3) is 0.348. The zero-order valence-electron chi connectivity index (χ0n) is 18.2. The Kier molecular flexibility index (Phi) is 6.38. The summed E-state index contributed by atoms with van der Waals surface area (Å²) in [6, 6.07) is 10.8. The number of carbonyl (C=O) groups is 1. The summed E-state index contributed by atoms with van der Waals surface area (Å²) in [5, 5.41) is 7.26. The maximum Gasteiger partial charge on any atom is 0.243 e. The molecule has 0 saturated carbocycles. The molecule has 3 heterocycles. The number of anilines is 1. The molecule has 1 saturated heterocycles. The van der Waals surface area contributed by atoms with Gasteiger partial charge in [0.25, 0.3) is 0 Å². The van der Waals surface area contributed by atoms with E-state index in [0.29, 0.717) is 43.2 Å². The number of amides is 1. The van der Waals surface area contributed by atoms with E-state index in [1.807, 2.05) is 32.0 Å². The minimum absolute atomic E-state index is 0.125. The third-order valence-electron chi connectivity index (χ3n) is 5.90. The van der Waals surface area contributed by atoms with Crippen molar-refractivity contribution in [2.45, 2.75) is 38.1 Å². The summed E-state index contributed by atoms with van der Waals surface area (Å²) in [6.45, 7) is 5.07. The van der Waals surface area contributed by atoms with E-state index < -0.39 is 10.0 Å². The number of pyridine rings is 1. The summed E-state index contributed by atoms with van der Waals surface area (Å²) in [6.07, 6.45) is 6.26. The van der Waals surface area contributed by atoms with Crippen LogP contribution in [-0.2, 0) is 21.4 Å². The number of sulfonamides is 1. The molecule has 168 valence electrons. The highest BCUT2D eigenvalue weighted by molar-refractivity contribution is 7.89. The molecule has 3 aromatic rings. The first kappa shape index (κ1) is 22.2. The van der Waals surface area contributed by atoms with Gasteiger partial charge in [-0.1, -0.05) is 12.1 Å². The first-order valence-electron chi connectivity index (χ1n) is 10.6. The zero-order valence-corrected chi connectivity index (χ0v) is 19.0. The first-order chi connectivity index (χ1) is 15.3. The number of piperidine rings is 1. The van der Waals surface area contributed by atoms with Crippen molar-refractivity contribution in [3.8, 4) is 0 Å². The molecule has 0 spiro atoms. The number of carbonyl (C=O) groups excluding carboxylic acids is 1. The van der Waals surface area contributed by atoms with Crippen LogP contribution in [0.1, 0.15) is 29.5 Å². The summed E-state index contributed by atoms with van der Waals surface area (Å²) in [4.78, 5) is 17.1. The standard InChI is InChI=1S/C23H27N5O3S/c1-17-5-6-21(14-18(17)2)32(30,31)28-12-7-20(8-13-28)23(29)25-22-9-11-27(26-22)16-19-4-3-10-24-15-19/h3-6,9-11,14-15,20H,7-8,12-13,16H2,1-2H3,(H,25,26,29). The van der Waals surface area contributed by atoms with Crippen LogP contribution in [0.25, 0.3) is 0 Å². The molecule has 1 amide bonds. The summed E-state index contributed by atoms with van der Waals surface area (Å²) >= 11 is 0. The van der Waals surface area contributed by atoms with Crippen LogP contribution in [-0.4, -0.2) is 46.5 Å². The van der Waals surface area contributed by atoms with Gasteiger partial charge in [-0.15, -0.1) is 0 Å². The molecule has 1 aromatic carbocycles. The van der Waals surface area contributed by atoms with Gasteiger partial charge in [-0.2, -0.15) is 9.40 Å².